The number of anilines is 1. The molecule has 0 bridgehead atoms. The molecule has 0 fully saturated rings. The van der Waals surface area contributed by atoms with Crippen LogP contribution >= 0.6 is 0 Å². The van der Waals surface area contributed by atoms with Gasteiger partial charge in [-0.1, -0.05) is 18.2 Å². The summed E-state index contributed by atoms with van der Waals surface area (Å²) in [6.07, 6.45) is 2.66. The van der Waals surface area contributed by atoms with Crippen LogP contribution in [0.2, 0.25) is 0 Å². The van der Waals surface area contributed by atoms with E-state index in [1.807, 2.05) is 5.32 Å². The van der Waals surface area contributed by atoms with Crippen LogP contribution in [0.25, 0.3) is 17.0 Å². The van der Waals surface area contributed by atoms with Gasteiger partial charge in [0.05, 0.1) is 5.69 Å². The third-order valence-corrected chi connectivity index (χ3v) is 4.07. The molecular weight excluding hydrogens is 387 g/mol. The topological polar surface area (TPSA) is 95.1 Å². The fourth-order valence-electron chi connectivity index (χ4n) is 2.78. The molecule has 0 aliphatic carbocycles. The molecule has 1 amide bonds. The van der Waals surface area contributed by atoms with Gasteiger partial charge < -0.3 is 15.0 Å². The van der Waals surface area contributed by atoms with Gasteiger partial charge in [-0.25, -0.2) is 13.2 Å². The van der Waals surface area contributed by atoms with Crippen molar-refractivity contribution < 1.29 is 27.9 Å². The second-order valence-corrected chi connectivity index (χ2v) is 5.97. The molecule has 29 heavy (non-hydrogen) atoms. The summed E-state index contributed by atoms with van der Waals surface area (Å²) in [5.74, 6) is -6.86. The molecule has 0 aliphatic rings. The van der Waals surface area contributed by atoms with Gasteiger partial charge >= 0.3 is 5.97 Å². The van der Waals surface area contributed by atoms with Crippen LogP contribution in [0.5, 0.6) is 0 Å². The van der Waals surface area contributed by atoms with Crippen molar-refractivity contribution in [1.29, 1.82) is 5.26 Å². The number of nitriles is 1. The number of rotatable bonds is 5. The number of carboxylic acids is 1. The SMILES string of the molecule is N#CC(=Cc1cn(CC(=O)O)c2ccccc12)C(=O)Nc1ccc(F)c(F)c1F. The number of amides is 1. The summed E-state index contributed by atoms with van der Waals surface area (Å²) in [7, 11) is 0. The number of halogens is 3. The van der Waals surface area contributed by atoms with Crippen LogP contribution in [-0.4, -0.2) is 21.6 Å². The maximum Gasteiger partial charge on any atom is 0.323 e. The number of benzene rings is 2. The van der Waals surface area contributed by atoms with Crippen molar-refractivity contribution in [2.24, 2.45) is 0 Å². The average Bonchev–Trinajstić information content (AvgIpc) is 3.03. The molecule has 0 saturated carbocycles. The molecule has 0 atom stereocenters. The van der Waals surface area contributed by atoms with Crippen LogP contribution in [0.15, 0.2) is 48.2 Å². The minimum absolute atomic E-state index is 0.331. The lowest BCUT2D eigenvalue weighted by Gasteiger charge is -2.06. The van der Waals surface area contributed by atoms with Crippen LogP contribution in [-0.2, 0) is 16.1 Å². The van der Waals surface area contributed by atoms with Crippen molar-refractivity contribution in [3.8, 4) is 6.07 Å². The molecule has 3 rings (SSSR count). The van der Waals surface area contributed by atoms with Crippen LogP contribution in [0.1, 0.15) is 5.56 Å². The van der Waals surface area contributed by atoms with Gasteiger partial charge in [-0.3, -0.25) is 9.59 Å². The quantitative estimate of drug-likeness (QED) is 0.389. The van der Waals surface area contributed by atoms with E-state index in [2.05, 4.69) is 0 Å². The highest BCUT2D eigenvalue weighted by atomic mass is 19.2. The molecule has 9 heteroatoms. The predicted octanol–water partition coefficient (Wildman–Crippen LogP) is 3.69. The van der Waals surface area contributed by atoms with Gasteiger partial charge in [-0.05, 0) is 24.3 Å². The van der Waals surface area contributed by atoms with E-state index < -0.39 is 40.6 Å². The second kappa shape index (κ2) is 7.90. The maximum absolute atomic E-state index is 13.8. The third kappa shape index (κ3) is 3.96. The maximum atomic E-state index is 13.8. The van der Waals surface area contributed by atoms with Crippen molar-refractivity contribution >= 4 is 34.5 Å². The van der Waals surface area contributed by atoms with Gasteiger partial charge in [-0.2, -0.15) is 5.26 Å². The zero-order chi connectivity index (χ0) is 21.1. The largest absolute Gasteiger partial charge is 0.480 e. The van der Waals surface area contributed by atoms with Gasteiger partial charge in [0.15, 0.2) is 17.5 Å². The van der Waals surface area contributed by atoms with E-state index in [4.69, 9.17) is 5.11 Å². The first kappa shape index (κ1) is 19.7. The summed E-state index contributed by atoms with van der Waals surface area (Å²) < 4.78 is 41.5. The average molecular weight is 399 g/mol. The number of hydrogen-bond donors (Lipinski definition) is 2. The highest BCUT2D eigenvalue weighted by Gasteiger charge is 2.18. The van der Waals surface area contributed by atoms with Crippen molar-refractivity contribution in [3.63, 3.8) is 0 Å². The smallest absolute Gasteiger partial charge is 0.323 e. The number of para-hydroxylation sites is 1. The number of nitrogens with one attached hydrogen (secondary N) is 1. The molecule has 2 aromatic carbocycles. The monoisotopic (exact) mass is 399 g/mol. The lowest BCUT2D eigenvalue weighted by atomic mass is 10.1. The molecule has 1 heterocycles. The molecule has 0 unspecified atom stereocenters. The molecular formula is C20H12F3N3O3. The van der Waals surface area contributed by atoms with Crippen LogP contribution in [0, 0.1) is 28.8 Å². The van der Waals surface area contributed by atoms with Gasteiger partial charge in [0.25, 0.3) is 5.91 Å². The fourth-order valence-corrected chi connectivity index (χ4v) is 2.78. The zero-order valence-electron chi connectivity index (χ0n) is 14.6. The number of hydrogen-bond acceptors (Lipinski definition) is 3. The van der Waals surface area contributed by atoms with Crippen LogP contribution in [0.4, 0.5) is 18.9 Å². The lowest BCUT2D eigenvalue weighted by Crippen LogP contribution is -2.15. The predicted molar refractivity (Wildman–Crippen MR) is 98.1 cm³/mol. The van der Waals surface area contributed by atoms with E-state index in [1.165, 1.54) is 16.8 Å². The highest BCUT2D eigenvalue weighted by Crippen LogP contribution is 2.25. The van der Waals surface area contributed by atoms with Crippen LogP contribution in [0.3, 0.4) is 0 Å². The summed E-state index contributed by atoms with van der Waals surface area (Å²) in [6.45, 7) is -0.331. The summed E-state index contributed by atoms with van der Waals surface area (Å²) in [6, 6.07) is 9.91. The van der Waals surface area contributed by atoms with Crippen LogP contribution < -0.4 is 5.32 Å². The van der Waals surface area contributed by atoms with E-state index in [-0.39, 0.29) is 6.54 Å². The Labute approximate surface area is 162 Å². The molecule has 0 spiro atoms. The number of fused-ring (bicyclic) bond motifs is 1. The fraction of sp³-hybridized carbons (Fsp3) is 0.0500. The van der Waals surface area contributed by atoms with E-state index in [1.54, 1.807) is 30.3 Å². The second-order valence-electron chi connectivity index (χ2n) is 5.97. The van der Waals surface area contributed by atoms with E-state index in [0.717, 1.165) is 6.07 Å². The van der Waals surface area contributed by atoms with Gasteiger partial charge in [0.2, 0.25) is 0 Å². The van der Waals surface area contributed by atoms with Gasteiger partial charge in [-0.15, -0.1) is 0 Å². The summed E-state index contributed by atoms with van der Waals surface area (Å²) >= 11 is 0. The number of nitrogens with zero attached hydrogens (tertiary/aromatic N) is 2. The number of aromatic nitrogens is 1. The molecule has 1 aromatic heterocycles. The first-order valence-electron chi connectivity index (χ1n) is 8.18. The molecule has 0 aliphatic heterocycles. The summed E-state index contributed by atoms with van der Waals surface area (Å²) in [5.41, 5.74) is -0.0967. The Morgan fingerprint density at radius 2 is 1.86 bits per heavy atom. The van der Waals surface area contributed by atoms with Crippen molar-refractivity contribution in [1.82, 2.24) is 4.57 Å². The lowest BCUT2D eigenvalue weighted by molar-refractivity contribution is -0.137. The Bertz CT molecular complexity index is 1210. The van der Waals surface area contributed by atoms with Gasteiger partial charge in [0, 0.05) is 22.7 Å². The van der Waals surface area contributed by atoms with Crippen molar-refractivity contribution in [2.75, 3.05) is 5.32 Å². The Kier molecular flexibility index (Phi) is 5.36. The Morgan fingerprint density at radius 1 is 1.14 bits per heavy atom. The van der Waals surface area contributed by atoms with E-state index in [0.29, 0.717) is 22.5 Å². The normalized spacial score (nSPS) is 11.3. The molecule has 146 valence electrons. The van der Waals surface area contributed by atoms with E-state index >= 15 is 0 Å². The number of carbonyl (C=O) groups is 2. The Morgan fingerprint density at radius 3 is 2.55 bits per heavy atom. The molecule has 0 radical (unpaired) electrons. The van der Waals surface area contributed by atoms with Gasteiger partial charge in [0.1, 0.15) is 18.2 Å². The number of carboxylic acid groups (broad SMARTS) is 1. The molecule has 3 aromatic rings. The minimum Gasteiger partial charge on any atom is -0.480 e. The van der Waals surface area contributed by atoms with E-state index in [9.17, 15) is 28.0 Å². The highest BCUT2D eigenvalue weighted by molar-refractivity contribution is 6.10. The summed E-state index contributed by atoms with van der Waals surface area (Å²) in [5, 5.41) is 21.0. The minimum atomic E-state index is -1.75. The number of aliphatic carboxylic acids is 1. The first-order valence-corrected chi connectivity index (χ1v) is 8.18. The Hall–Kier alpha value is -4.06. The Balaban J connectivity index is 1.98. The molecule has 0 saturated heterocycles. The standard InChI is InChI=1S/C20H12F3N3O3/c21-14-5-6-15(19(23)18(14)22)25-20(29)11(8-24)7-12-9-26(10-17(27)28)16-4-2-1-3-13(12)16/h1-7,9H,10H2,(H,25,29)(H,27,28). The molecule has 6 nitrogen and oxygen atoms in total. The summed E-state index contributed by atoms with van der Waals surface area (Å²) in [4.78, 5) is 23.4. The molecule has 2 N–H and O–H groups in total. The van der Waals surface area contributed by atoms with Crippen molar-refractivity contribution in [3.05, 3.63) is 71.2 Å². The van der Waals surface area contributed by atoms with Crippen molar-refractivity contribution in [2.45, 2.75) is 6.54 Å². The zero-order valence-corrected chi connectivity index (χ0v) is 14.6. The third-order valence-electron chi connectivity index (χ3n) is 4.07. The first-order chi connectivity index (χ1) is 13.8. The number of carbonyl (C=O) groups excluding carboxylic acids is 1.